The zero-order valence-electron chi connectivity index (χ0n) is 14.6. The zero-order valence-corrected chi connectivity index (χ0v) is 15.4. The molecule has 0 radical (unpaired) electrons. The summed E-state index contributed by atoms with van der Waals surface area (Å²) in [5.41, 5.74) is 0.505. The van der Waals surface area contributed by atoms with Gasteiger partial charge >= 0.3 is 5.97 Å². The van der Waals surface area contributed by atoms with Gasteiger partial charge in [-0.2, -0.15) is 0 Å². The molecule has 6 nitrogen and oxygen atoms in total. The molecule has 0 amide bonds. The van der Waals surface area contributed by atoms with Gasteiger partial charge in [-0.3, -0.25) is 9.71 Å². The first-order chi connectivity index (χ1) is 11.9. The lowest BCUT2D eigenvalue weighted by molar-refractivity contribution is -0.150. The lowest BCUT2D eigenvalue weighted by atomic mass is 10.0. The molecule has 1 aliphatic carbocycles. The maximum atomic E-state index is 12.6. The predicted molar refractivity (Wildman–Crippen MR) is 94.9 cm³/mol. The number of sulfonamides is 1. The fourth-order valence-corrected chi connectivity index (χ4v) is 4.52. The van der Waals surface area contributed by atoms with Crippen molar-refractivity contribution >= 4 is 21.8 Å². The van der Waals surface area contributed by atoms with E-state index in [1.54, 1.807) is 18.2 Å². The van der Waals surface area contributed by atoms with E-state index in [1.165, 1.54) is 6.07 Å². The second-order valence-electron chi connectivity index (χ2n) is 7.07. The Morgan fingerprint density at radius 1 is 1.28 bits per heavy atom. The van der Waals surface area contributed by atoms with Crippen LogP contribution in [-0.2, 0) is 19.6 Å². The number of ether oxygens (including phenoxy) is 1. The van der Waals surface area contributed by atoms with Crippen molar-refractivity contribution in [1.82, 2.24) is 4.72 Å². The summed E-state index contributed by atoms with van der Waals surface area (Å²) in [6, 6.07) is 5.95. The van der Waals surface area contributed by atoms with Crippen molar-refractivity contribution in [1.29, 1.82) is 0 Å². The molecule has 1 aromatic carbocycles. The van der Waals surface area contributed by atoms with Crippen molar-refractivity contribution in [2.24, 2.45) is 10.9 Å². The molecular formula is C18H24N2O4S. The van der Waals surface area contributed by atoms with Gasteiger partial charge in [-0.15, -0.1) is 0 Å². The molecule has 0 bridgehead atoms. The Hall–Kier alpha value is -1.89. The third-order valence-electron chi connectivity index (χ3n) is 4.50. The van der Waals surface area contributed by atoms with E-state index < -0.39 is 16.1 Å². The van der Waals surface area contributed by atoms with Crippen LogP contribution in [0.3, 0.4) is 0 Å². The van der Waals surface area contributed by atoms with Crippen LogP contribution in [0.25, 0.3) is 0 Å². The number of hydrogen-bond acceptors (Lipinski definition) is 5. The van der Waals surface area contributed by atoms with Crippen molar-refractivity contribution in [2.45, 2.75) is 63.0 Å². The van der Waals surface area contributed by atoms with Crippen molar-refractivity contribution in [3.05, 3.63) is 29.8 Å². The Morgan fingerprint density at radius 2 is 1.96 bits per heavy atom. The summed E-state index contributed by atoms with van der Waals surface area (Å²) in [6.07, 6.45) is 4.43. The summed E-state index contributed by atoms with van der Waals surface area (Å²) >= 11 is 0. The van der Waals surface area contributed by atoms with Crippen LogP contribution in [0.15, 0.2) is 34.2 Å². The maximum absolute atomic E-state index is 12.6. The van der Waals surface area contributed by atoms with Gasteiger partial charge in [-0.25, -0.2) is 13.2 Å². The second-order valence-corrected chi connectivity index (χ2v) is 8.72. The van der Waals surface area contributed by atoms with Crippen LogP contribution in [-0.4, -0.2) is 32.4 Å². The standard InChI is InChI=1S/C18H24N2O4S/c1-12(2)11-15(18(21)24-13-7-3-4-8-13)19-17-14-9-5-6-10-16(14)25(22,23)20-17/h5-6,9-10,12-13,15H,3-4,7-8,11H2,1-2H3,(H,19,20)/t15-/m0/s1. The molecule has 0 spiro atoms. The van der Waals surface area contributed by atoms with Crippen LogP contribution >= 0.6 is 0 Å². The van der Waals surface area contributed by atoms with Crippen LogP contribution < -0.4 is 4.72 Å². The topological polar surface area (TPSA) is 84.8 Å². The number of aliphatic imine (C=N–C) groups is 1. The number of hydrogen-bond donors (Lipinski definition) is 1. The average molecular weight is 364 g/mol. The van der Waals surface area contributed by atoms with Gasteiger partial charge in [0.25, 0.3) is 10.0 Å². The molecule has 3 rings (SSSR count). The van der Waals surface area contributed by atoms with Gasteiger partial charge in [0.2, 0.25) is 0 Å². The quantitative estimate of drug-likeness (QED) is 0.814. The summed E-state index contributed by atoms with van der Waals surface area (Å²) in [4.78, 5) is 17.2. The number of carbonyl (C=O) groups is 1. The fraction of sp³-hybridized carbons (Fsp3) is 0.556. The third-order valence-corrected chi connectivity index (χ3v) is 5.90. The van der Waals surface area contributed by atoms with E-state index in [1.807, 2.05) is 13.8 Å². The van der Waals surface area contributed by atoms with Crippen LogP contribution in [0.5, 0.6) is 0 Å². The van der Waals surface area contributed by atoms with E-state index in [2.05, 4.69) is 9.71 Å². The summed E-state index contributed by atoms with van der Waals surface area (Å²) in [6.45, 7) is 4.01. The van der Waals surface area contributed by atoms with Crippen molar-refractivity contribution < 1.29 is 17.9 Å². The van der Waals surface area contributed by atoms with Crippen molar-refractivity contribution in [3.8, 4) is 0 Å². The number of fused-ring (bicyclic) bond motifs is 1. The minimum atomic E-state index is -3.61. The highest BCUT2D eigenvalue weighted by Crippen LogP contribution is 2.25. The number of nitrogens with one attached hydrogen (secondary N) is 1. The SMILES string of the molecule is CC(C)C[C@H](N=C1NS(=O)(=O)c2ccccc21)C(=O)OC1CCCC1. The van der Waals surface area contributed by atoms with Crippen LogP contribution in [0.2, 0.25) is 0 Å². The second kappa shape index (κ2) is 7.15. The van der Waals surface area contributed by atoms with Gasteiger partial charge < -0.3 is 4.74 Å². The maximum Gasteiger partial charge on any atom is 0.331 e. The van der Waals surface area contributed by atoms with Gasteiger partial charge in [0.05, 0.1) is 4.90 Å². The summed E-state index contributed by atoms with van der Waals surface area (Å²) in [5, 5.41) is 0. The molecule has 1 fully saturated rings. The van der Waals surface area contributed by atoms with E-state index >= 15 is 0 Å². The largest absolute Gasteiger partial charge is 0.461 e. The number of esters is 1. The Bertz CT molecular complexity index is 780. The Morgan fingerprint density at radius 3 is 2.64 bits per heavy atom. The molecule has 1 atom stereocenters. The third kappa shape index (κ3) is 4.03. The van der Waals surface area contributed by atoms with E-state index in [4.69, 9.17) is 4.74 Å². The Balaban J connectivity index is 1.87. The highest BCUT2D eigenvalue weighted by atomic mass is 32.2. The van der Waals surface area contributed by atoms with Crippen molar-refractivity contribution in [3.63, 3.8) is 0 Å². The molecule has 0 unspecified atom stereocenters. The normalized spacial score (nSPS) is 22.0. The summed E-state index contributed by atoms with van der Waals surface area (Å²) < 4.78 is 32.5. The molecule has 0 saturated heterocycles. The first-order valence-electron chi connectivity index (χ1n) is 8.77. The number of amidine groups is 1. The first-order valence-corrected chi connectivity index (χ1v) is 10.3. The van der Waals surface area contributed by atoms with E-state index in [-0.39, 0.29) is 28.7 Å². The van der Waals surface area contributed by atoms with E-state index in [9.17, 15) is 13.2 Å². The van der Waals surface area contributed by atoms with Crippen molar-refractivity contribution in [2.75, 3.05) is 0 Å². The highest BCUT2D eigenvalue weighted by Gasteiger charge is 2.33. The summed E-state index contributed by atoms with van der Waals surface area (Å²) in [5.74, 6) is 0.0973. The minimum Gasteiger partial charge on any atom is -0.461 e. The van der Waals surface area contributed by atoms with E-state index in [0.29, 0.717) is 12.0 Å². The number of nitrogens with zero attached hydrogens (tertiary/aromatic N) is 1. The van der Waals surface area contributed by atoms with Crippen LogP contribution in [0.1, 0.15) is 51.5 Å². The number of carbonyl (C=O) groups excluding carboxylic acids is 1. The van der Waals surface area contributed by atoms with Gasteiger partial charge in [-0.05, 0) is 50.2 Å². The lowest BCUT2D eigenvalue weighted by Crippen LogP contribution is -2.31. The van der Waals surface area contributed by atoms with Gasteiger partial charge in [-0.1, -0.05) is 26.0 Å². The highest BCUT2D eigenvalue weighted by molar-refractivity contribution is 7.90. The van der Waals surface area contributed by atoms with Crippen LogP contribution in [0, 0.1) is 5.92 Å². The van der Waals surface area contributed by atoms with Gasteiger partial charge in [0.15, 0.2) is 0 Å². The Labute approximate surface area is 148 Å². The van der Waals surface area contributed by atoms with Crippen LogP contribution in [0.4, 0.5) is 0 Å². The molecular weight excluding hydrogens is 340 g/mol. The van der Waals surface area contributed by atoms with Gasteiger partial charge in [0.1, 0.15) is 18.0 Å². The smallest absolute Gasteiger partial charge is 0.331 e. The molecule has 0 aromatic heterocycles. The summed E-state index contributed by atoms with van der Waals surface area (Å²) in [7, 11) is -3.61. The molecule has 1 aromatic rings. The predicted octanol–water partition coefficient (Wildman–Crippen LogP) is 2.63. The zero-order chi connectivity index (χ0) is 18.0. The molecule has 1 saturated carbocycles. The van der Waals surface area contributed by atoms with E-state index in [0.717, 1.165) is 25.7 Å². The minimum absolute atomic E-state index is 0.0325. The monoisotopic (exact) mass is 364 g/mol. The molecule has 1 aliphatic heterocycles. The average Bonchev–Trinajstić information content (AvgIpc) is 3.13. The molecule has 1 heterocycles. The fourth-order valence-electron chi connectivity index (χ4n) is 3.28. The first kappa shape index (κ1) is 17.9. The van der Waals surface area contributed by atoms with Gasteiger partial charge in [0, 0.05) is 5.56 Å². The molecule has 2 aliphatic rings. The molecule has 1 N–H and O–H groups in total. The molecule has 136 valence electrons. The Kier molecular flexibility index (Phi) is 5.13. The number of rotatable bonds is 5. The lowest BCUT2D eigenvalue weighted by Gasteiger charge is -2.18. The molecule has 25 heavy (non-hydrogen) atoms. The number of benzene rings is 1. The molecule has 7 heteroatoms.